The fourth-order valence-electron chi connectivity index (χ4n) is 3.08. The quantitative estimate of drug-likeness (QED) is 0.849. The molecule has 0 bridgehead atoms. The maximum Gasteiger partial charge on any atom is 0.370 e. The smallest absolute Gasteiger partial charge is 0.370 e. The molecule has 2 aromatic carbocycles. The van der Waals surface area contributed by atoms with Crippen molar-refractivity contribution in [2.45, 2.75) is 26.2 Å². The molecule has 3 nitrogen and oxygen atoms in total. The molecule has 1 aliphatic heterocycles. The average Bonchev–Trinajstić information content (AvgIpc) is 2.60. The zero-order valence-electron chi connectivity index (χ0n) is 12.0. The summed E-state index contributed by atoms with van der Waals surface area (Å²) >= 11 is 0. The monoisotopic (exact) mass is 268 g/mol. The van der Waals surface area contributed by atoms with Gasteiger partial charge in [0, 0.05) is 12.5 Å². The fourth-order valence-corrected chi connectivity index (χ4v) is 3.08. The van der Waals surface area contributed by atoms with E-state index in [0.717, 1.165) is 22.2 Å². The highest BCUT2D eigenvalue weighted by Crippen LogP contribution is 2.43. The van der Waals surface area contributed by atoms with Gasteiger partial charge in [0.05, 0.1) is 10.8 Å². The lowest BCUT2D eigenvalue weighted by atomic mass is 9.81. The van der Waals surface area contributed by atoms with E-state index in [-0.39, 0.29) is 12.0 Å². The molecule has 0 spiro atoms. The van der Waals surface area contributed by atoms with E-state index < -0.39 is 5.97 Å². The molecule has 1 heterocycles. The summed E-state index contributed by atoms with van der Waals surface area (Å²) in [6.07, 6.45) is 0. The van der Waals surface area contributed by atoms with Gasteiger partial charge in [-0.1, -0.05) is 30.3 Å². The van der Waals surface area contributed by atoms with Crippen LogP contribution in [0.5, 0.6) is 0 Å². The summed E-state index contributed by atoms with van der Waals surface area (Å²) in [5.41, 5.74) is 3.21. The third-order valence-corrected chi connectivity index (χ3v) is 4.45. The Morgan fingerprint density at radius 3 is 2.60 bits per heavy atom. The Kier molecular flexibility index (Phi) is 2.68. The Balaban J connectivity index is 2.37. The summed E-state index contributed by atoms with van der Waals surface area (Å²) in [6, 6.07) is 12.4. The van der Waals surface area contributed by atoms with Crippen molar-refractivity contribution in [3.05, 3.63) is 42.0 Å². The van der Waals surface area contributed by atoms with Gasteiger partial charge in [-0.3, -0.25) is 0 Å². The first-order chi connectivity index (χ1) is 9.43. The highest BCUT2D eigenvalue weighted by molar-refractivity contribution is 6.02. The third kappa shape index (κ3) is 1.66. The van der Waals surface area contributed by atoms with Crippen molar-refractivity contribution < 1.29 is 14.5 Å². The van der Waals surface area contributed by atoms with Crippen LogP contribution in [0.3, 0.4) is 0 Å². The van der Waals surface area contributed by atoms with E-state index in [1.165, 1.54) is 5.56 Å². The topological polar surface area (TPSA) is 40.3 Å². The van der Waals surface area contributed by atoms with Crippen molar-refractivity contribution in [3.8, 4) is 0 Å². The lowest BCUT2D eigenvalue weighted by Gasteiger charge is -2.15. The number of carbonyl (C=O) groups is 1. The Labute approximate surface area is 118 Å². The first-order valence-electron chi connectivity index (χ1n) is 6.78. The molecule has 0 aliphatic carbocycles. The van der Waals surface area contributed by atoms with Crippen molar-refractivity contribution in [2.24, 2.45) is 0 Å². The van der Waals surface area contributed by atoms with E-state index in [1.54, 1.807) is 0 Å². The molecule has 2 aromatic rings. The van der Waals surface area contributed by atoms with Gasteiger partial charge in [-0.2, -0.15) is 4.58 Å². The molecule has 0 unspecified atom stereocenters. The summed E-state index contributed by atoms with van der Waals surface area (Å²) in [4.78, 5) is 11.2. The van der Waals surface area contributed by atoms with Crippen molar-refractivity contribution >= 4 is 28.1 Å². The molecule has 20 heavy (non-hydrogen) atoms. The zero-order chi connectivity index (χ0) is 14.5. The molecule has 0 fully saturated rings. The summed E-state index contributed by atoms with van der Waals surface area (Å²) in [6.45, 7) is 6.34. The van der Waals surface area contributed by atoms with Gasteiger partial charge in [0.15, 0.2) is 5.71 Å². The molecule has 102 valence electrons. The normalized spacial score (nSPS) is 16.6. The summed E-state index contributed by atoms with van der Waals surface area (Å²) in [5.74, 6) is -0.805. The maximum atomic E-state index is 11.2. The molecule has 3 heteroatoms. The number of nitrogens with zero attached hydrogens (tertiary/aromatic N) is 1. The van der Waals surface area contributed by atoms with Gasteiger partial charge in [-0.15, -0.1) is 0 Å². The molecule has 0 aromatic heterocycles. The summed E-state index contributed by atoms with van der Waals surface area (Å²) < 4.78 is 1.94. The van der Waals surface area contributed by atoms with E-state index in [1.807, 2.05) is 23.6 Å². The van der Waals surface area contributed by atoms with Gasteiger partial charge in [0.25, 0.3) is 0 Å². The molecule has 1 N–H and O–H groups in total. The maximum absolute atomic E-state index is 11.2. The molecule has 0 saturated carbocycles. The first kappa shape index (κ1) is 12.9. The molecule has 0 atom stereocenters. The molecule has 0 radical (unpaired) electrons. The number of fused-ring (bicyclic) bond motifs is 3. The number of carboxylic acids is 1. The number of aliphatic carboxylic acids is 1. The fraction of sp³-hybridized carbons (Fsp3) is 0.294. The van der Waals surface area contributed by atoms with E-state index in [0.29, 0.717) is 0 Å². The predicted molar refractivity (Wildman–Crippen MR) is 80.1 cm³/mol. The minimum absolute atomic E-state index is 0.0102. The Morgan fingerprint density at radius 2 is 1.90 bits per heavy atom. The molecule has 3 rings (SSSR count). The Hall–Kier alpha value is -2.16. The second-order valence-electron chi connectivity index (χ2n) is 5.87. The van der Waals surface area contributed by atoms with Crippen molar-refractivity contribution in [1.82, 2.24) is 0 Å². The van der Waals surface area contributed by atoms with E-state index in [9.17, 15) is 9.90 Å². The van der Waals surface area contributed by atoms with Gasteiger partial charge in [-0.05, 0) is 25.3 Å². The summed E-state index contributed by atoms with van der Waals surface area (Å²) in [7, 11) is 0. The molecule has 1 aliphatic rings. The second kappa shape index (κ2) is 4.17. The standard InChI is InChI=1S/C17H17NO2/c1-11-17(2,3)14-9-8-12-6-4-5-7-13(12)16(14)18(11)10-15(19)20/h4-9H,10H2,1-3H3/p+1. The number of rotatable bonds is 2. The first-order valence-corrected chi connectivity index (χ1v) is 6.78. The van der Waals surface area contributed by atoms with Gasteiger partial charge in [0.1, 0.15) is 0 Å². The van der Waals surface area contributed by atoms with Crippen molar-refractivity contribution in [2.75, 3.05) is 6.54 Å². The lowest BCUT2D eigenvalue weighted by molar-refractivity contribution is -0.427. The Bertz CT molecular complexity index is 757. The van der Waals surface area contributed by atoms with Gasteiger partial charge in [-0.25, -0.2) is 4.79 Å². The van der Waals surface area contributed by atoms with Crippen molar-refractivity contribution in [1.29, 1.82) is 0 Å². The number of hydrogen-bond donors (Lipinski definition) is 1. The number of benzene rings is 2. The predicted octanol–water partition coefficient (Wildman–Crippen LogP) is 3.32. The van der Waals surface area contributed by atoms with Gasteiger partial charge in [0.2, 0.25) is 12.2 Å². The average molecular weight is 268 g/mol. The van der Waals surface area contributed by atoms with Crippen LogP contribution in [-0.4, -0.2) is 27.9 Å². The lowest BCUT2D eigenvalue weighted by Crippen LogP contribution is -2.28. The van der Waals surface area contributed by atoms with Crippen molar-refractivity contribution in [3.63, 3.8) is 0 Å². The number of carboxylic acid groups (broad SMARTS) is 1. The van der Waals surface area contributed by atoms with Crippen LogP contribution in [0.1, 0.15) is 26.3 Å². The molecular formula is C17H18NO2+. The molecule has 0 amide bonds. The van der Waals surface area contributed by atoms with Crippen LogP contribution < -0.4 is 0 Å². The van der Waals surface area contributed by atoms with Crippen LogP contribution in [-0.2, 0) is 10.2 Å². The summed E-state index contributed by atoms with van der Waals surface area (Å²) in [5, 5.41) is 11.5. The molecule has 0 saturated heterocycles. The van der Waals surface area contributed by atoms with Crippen LogP contribution in [0.15, 0.2) is 36.4 Å². The van der Waals surface area contributed by atoms with Crippen LogP contribution in [0, 0.1) is 0 Å². The zero-order valence-corrected chi connectivity index (χ0v) is 12.0. The van der Waals surface area contributed by atoms with Gasteiger partial charge < -0.3 is 5.11 Å². The minimum Gasteiger partial charge on any atom is -0.477 e. The van der Waals surface area contributed by atoms with E-state index >= 15 is 0 Å². The SMILES string of the molecule is CC1=[N+](CC(=O)O)c2c(ccc3ccccc23)C1(C)C. The highest BCUT2D eigenvalue weighted by atomic mass is 16.4. The van der Waals surface area contributed by atoms with E-state index in [4.69, 9.17) is 0 Å². The third-order valence-electron chi connectivity index (χ3n) is 4.45. The van der Waals surface area contributed by atoms with Crippen LogP contribution >= 0.6 is 0 Å². The van der Waals surface area contributed by atoms with Crippen LogP contribution in [0.2, 0.25) is 0 Å². The van der Waals surface area contributed by atoms with Gasteiger partial charge >= 0.3 is 5.97 Å². The highest BCUT2D eigenvalue weighted by Gasteiger charge is 2.44. The van der Waals surface area contributed by atoms with E-state index in [2.05, 4.69) is 38.1 Å². The largest absolute Gasteiger partial charge is 0.477 e. The molecular weight excluding hydrogens is 250 g/mol. The second-order valence-corrected chi connectivity index (χ2v) is 5.87. The Morgan fingerprint density at radius 1 is 1.20 bits per heavy atom. The van der Waals surface area contributed by atoms with Crippen LogP contribution in [0.4, 0.5) is 5.69 Å². The minimum atomic E-state index is -0.805. The number of hydrogen-bond acceptors (Lipinski definition) is 1. The van der Waals surface area contributed by atoms with Crippen LogP contribution in [0.25, 0.3) is 10.8 Å².